The highest BCUT2D eigenvalue weighted by Crippen LogP contribution is 2.30. The summed E-state index contributed by atoms with van der Waals surface area (Å²) < 4.78 is 13.3. The van der Waals surface area contributed by atoms with Crippen molar-refractivity contribution in [3.8, 4) is 17.1 Å². The number of carboxylic acid groups (broad SMARTS) is 1. The molecule has 0 spiro atoms. The summed E-state index contributed by atoms with van der Waals surface area (Å²) >= 11 is 0. The number of aromatic nitrogens is 4. The summed E-state index contributed by atoms with van der Waals surface area (Å²) in [7, 11) is 3.43. The van der Waals surface area contributed by atoms with Gasteiger partial charge < -0.3 is 19.5 Å². The normalized spacial score (nSPS) is 17.6. The number of carbonyl (C=O) groups excluding carboxylic acids is 1. The number of nitrogens with zero attached hydrogens (tertiary/aromatic N) is 5. The van der Waals surface area contributed by atoms with Crippen molar-refractivity contribution in [1.82, 2.24) is 24.9 Å². The lowest BCUT2D eigenvalue weighted by Gasteiger charge is -2.20. The van der Waals surface area contributed by atoms with Gasteiger partial charge in [0.25, 0.3) is 0 Å². The fraction of sp³-hybridized carbons (Fsp3) is 0.444. The van der Waals surface area contributed by atoms with Gasteiger partial charge in [0, 0.05) is 20.6 Å². The lowest BCUT2D eigenvalue weighted by Crippen LogP contribution is -2.27. The number of carbonyl (C=O) groups is 2. The zero-order valence-electron chi connectivity index (χ0n) is 21.5. The molecule has 0 aliphatic heterocycles. The zero-order chi connectivity index (χ0) is 26.4. The van der Waals surface area contributed by atoms with Crippen molar-refractivity contribution in [2.75, 3.05) is 7.05 Å². The molecule has 37 heavy (non-hydrogen) atoms. The molecule has 1 aromatic carbocycles. The molecule has 2 aromatic heterocycles. The number of ether oxygens (including phenoxy) is 2. The summed E-state index contributed by atoms with van der Waals surface area (Å²) in [5.41, 5.74) is 3.41. The predicted octanol–water partition coefficient (Wildman–Crippen LogP) is 4.37. The molecule has 1 aliphatic carbocycles. The van der Waals surface area contributed by atoms with E-state index in [9.17, 15) is 14.7 Å². The van der Waals surface area contributed by atoms with E-state index in [1.807, 2.05) is 43.3 Å². The Morgan fingerprint density at radius 3 is 2.62 bits per heavy atom. The van der Waals surface area contributed by atoms with E-state index in [2.05, 4.69) is 15.3 Å². The van der Waals surface area contributed by atoms with Crippen LogP contribution in [0.5, 0.6) is 5.75 Å². The maximum Gasteiger partial charge on any atom is 0.410 e. The molecule has 10 heteroatoms. The zero-order valence-corrected chi connectivity index (χ0v) is 21.5. The predicted molar refractivity (Wildman–Crippen MR) is 136 cm³/mol. The van der Waals surface area contributed by atoms with Gasteiger partial charge in [-0.2, -0.15) is 0 Å². The third kappa shape index (κ3) is 6.63. The van der Waals surface area contributed by atoms with Gasteiger partial charge in [0.15, 0.2) is 0 Å². The molecule has 0 bridgehead atoms. The van der Waals surface area contributed by atoms with E-state index in [0.29, 0.717) is 47.9 Å². The van der Waals surface area contributed by atoms with Crippen molar-refractivity contribution >= 4 is 12.1 Å². The van der Waals surface area contributed by atoms with E-state index in [4.69, 9.17) is 9.47 Å². The average Bonchev–Trinajstić information content (AvgIpc) is 3.08. The molecule has 196 valence electrons. The van der Waals surface area contributed by atoms with E-state index >= 15 is 0 Å². The van der Waals surface area contributed by atoms with Gasteiger partial charge in [-0.25, -0.2) is 14.5 Å². The summed E-state index contributed by atoms with van der Waals surface area (Å²) in [5, 5.41) is 17.8. The molecule has 3 aromatic rings. The van der Waals surface area contributed by atoms with E-state index in [1.165, 1.54) is 4.90 Å². The SMILES string of the molecule is Cc1nc(-c2nnn(C)c2COC(=O)N(C)Cc2ccccc2)ccc1OC1CCCCC(C(=O)O)C1. The van der Waals surface area contributed by atoms with Crippen molar-refractivity contribution in [3.63, 3.8) is 0 Å². The Morgan fingerprint density at radius 2 is 1.89 bits per heavy atom. The molecule has 2 heterocycles. The number of carboxylic acids is 1. The molecule has 1 N–H and O–H groups in total. The van der Waals surface area contributed by atoms with Crippen LogP contribution in [-0.2, 0) is 29.7 Å². The lowest BCUT2D eigenvalue weighted by molar-refractivity contribution is -0.142. The lowest BCUT2D eigenvalue weighted by atomic mass is 9.99. The maximum atomic E-state index is 12.6. The Morgan fingerprint density at radius 1 is 1.14 bits per heavy atom. The van der Waals surface area contributed by atoms with Gasteiger partial charge in [0.1, 0.15) is 23.7 Å². The minimum absolute atomic E-state index is 0.00553. The summed E-state index contributed by atoms with van der Waals surface area (Å²) in [6.45, 7) is 2.28. The first-order chi connectivity index (χ1) is 17.8. The van der Waals surface area contributed by atoms with Gasteiger partial charge in [-0.15, -0.1) is 5.10 Å². The van der Waals surface area contributed by atoms with Crippen LogP contribution < -0.4 is 4.74 Å². The van der Waals surface area contributed by atoms with Crippen LogP contribution in [0.2, 0.25) is 0 Å². The second-order valence-electron chi connectivity index (χ2n) is 9.48. The van der Waals surface area contributed by atoms with Gasteiger partial charge in [0.2, 0.25) is 0 Å². The minimum atomic E-state index is -0.761. The van der Waals surface area contributed by atoms with Gasteiger partial charge in [-0.3, -0.25) is 4.79 Å². The number of amides is 1. The second-order valence-corrected chi connectivity index (χ2v) is 9.48. The molecule has 0 saturated heterocycles. The van der Waals surface area contributed by atoms with Crippen molar-refractivity contribution in [2.45, 2.75) is 58.3 Å². The average molecular weight is 508 g/mol. The topological polar surface area (TPSA) is 120 Å². The van der Waals surface area contributed by atoms with Crippen molar-refractivity contribution in [3.05, 3.63) is 59.4 Å². The highest BCUT2D eigenvalue weighted by molar-refractivity contribution is 5.70. The van der Waals surface area contributed by atoms with Gasteiger partial charge >= 0.3 is 12.1 Å². The number of aryl methyl sites for hydroxylation is 2. The smallest absolute Gasteiger partial charge is 0.410 e. The Labute approximate surface area is 216 Å². The molecule has 2 atom stereocenters. The number of hydrogen-bond donors (Lipinski definition) is 1. The van der Waals surface area contributed by atoms with E-state index in [-0.39, 0.29) is 18.6 Å². The largest absolute Gasteiger partial charge is 0.489 e. The number of pyridine rings is 1. The van der Waals surface area contributed by atoms with E-state index in [1.54, 1.807) is 24.8 Å². The number of rotatable bonds is 8. The molecular formula is C27H33N5O5. The minimum Gasteiger partial charge on any atom is -0.489 e. The Kier molecular flexibility index (Phi) is 8.37. The fourth-order valence-corrected chi connectivity index (χ4v) is 4.53. The van der Waals surface area contributed by atoms with E-state index < -0.39 is 12.1 Å². The van der Waals surface area contributed by atoms with Crippen LogP contribution in [0, 0.1) is 12.8 Å². The number of aliphatic carboxylic acids is 1. The molecule has 10 nitrogen and oxygen atoms in total. The number of hydrogen-bond acceptors (Lipinski definition) is 7. The molecule has 1 fully saturated rings. The second kappa shape index (κ2) is 11.9. The molecular weight excluding hydrogens is 474 g/mol. The third-order valence-corrected chi connectivity index (χ3v) is 6.65. The molecule has 1 amide bonds. The van der Waals surface area contributed by atoms with Crippen LogP contribution in [0.25, 0.3) is 11.4 Å². The third-order valence-electron chi connectivity index (χ3n) is 6.65. The van der Waals surface area contributed by atoms with Gasteiger partial charge in [0.05, 0.1) is 23.4 Å². The van der Waals surface area contributed by atoms with Crippen LogP contribution in [-0.4, -0.2) is 55.2 Å². The highest BCUT2D eigenvalue weighted by Gasteiger charge is 2.27. The molecule has 0 radical (unpaired) electrons. The maximum absolute atomic E-state index is 12.6. The Hall–Kier alpha value is -3.95. The summed E-state index contributed by atoms with van der Waals surface area (Å²) in [6, 6.07) is 13.3. The molecule has 2 unspecified atom stereocenters. The van der Waals surface area contributed by atoms with Crippen LogP contribution >= 0.6 is 0 Å². The van der Waals surface area contributed by atoms with Crippen molar-refractivity contribution in [2.24, 2.45) is 13.0 Å². The Bertz CT molecular complexity index is 1230. The van der Waals surface area contributed by atoms with Crippen molar-refractivity contribution in [1.29, 1.82) is 0 Å². The van der Waals surface area contributed by atoms with E-state index in [0.717, 1.165) is 24.8 Å². The van der Waals surface area contributed by atoms with Gasteiger partial charge in [-0.05, 0) is 50.3 Å². The quantitative estimate of drug-likeness (QED) is 0.447. The fourth-order valence-electron chi connectivity index (χ4n) is 4.53. The summed E-state index contributed by atoms with van der Waals surface area (Å²) in [4.78, 5) is 30.2. The van der Waals surface area contributed by atoms with Crippen LogP contribution in [0.1, 0.15) is 49.1 Å². The number of benzene rings is 1. The van der Waals surface area contributed by atoms with Gasteiger partial charge in [-0.1, -0.05) is 42.0 Å². The summed E-state index contributed by atoms with van der Waals surface area (Å²) in [5.74, 6) is -0.515. The standard InChI is InChI=1S/C27H33N5O5/c1-18-24(37-21-12-8-7-11-20(15-21)26(33)34)14-13-22(28-18)25-23(32(3)30-29-25)17-36-27(35)31(2)16-19-9-5-4-6-10-19/h4-6,9-10,13-14,20-21H,7-8,11-12,15-17H2,1-3H3,(H,33,34). The highest BCUT2D eigenvalue weighted by atomic mass is 16.6. The molecule has 4 rings (SSSR count). The Balaban J connectivity index is 1.42. The van der Waals surface area contributed by atoms with Crippen LogP contribution in [0.3, 0.4) is 0 Å². The molecule has 1 saturated carbocycles. The first-order valence-corrected chi connectivity index (χ1v) is 12.5. The van der Waals surface area contributed by atoms with Crippen molar-refractivity contribution < 1.29 is 24.2 Å². The van der Waals surface area contributed by atoms with Crippen LogP contribution in [0.15, 0.2) is 42.5 Å². The summed E-state index contributed by atoms with van der Waals surface area (Å²) in [6.07, 6.45) is 3.24. The first kappa shape index (κ1) is 26.1. The first-order valence-electron chi connectivity index (χ1n) is 12.5. The monoisotopic (exact) mass is 507 g/mol. The molecule has 1 aliphatic rings. The van der Waals surface area contributed by atoms with Crippen LogP contribution in [0.4, 0.5) is 4.79 Å².